The number of rotatable bonds is 3. The number of carbonyl (C=O) groups is 1. The van der Waals surface area contributed by atoms with Crippen LogP contribution in [0.5, 0.6) is 0 Å². The number of esters is 1. The van der Waals surface area contributed by atoms with Gasteiger partial charge in [-0.1, -0.05) is 12.1 Å². The van der Waals surface area contributed by atoms with Gasteiger partial charge in [-0.15, -0.1) is 0 Å². The van der Waals surface area contributed by atoms with Gasteiger partial charge in [0.1, 0.15) is 18.2 Å². The molecule has 3 nitrogen and oxygen atoms in total. The summed E-state index contributed by atoms with van der Waals surface area (Å²) in [6.07, 6.45) is 0. The van der Waals surface area contributed by atoms with Crippen LogP contribution in [0.2, 0.25) is 0 Å². The molecule has 0 amide bonds. The lowest BCUT2D eigenvalue weighted by Crippen LogP contribution is -2.08. The van der Waals surface area contributed by atoms with Crippen molar-refractivity contribution in [2.24, 2.45) is 0 Å². The van der Waals surface area contributed by atoms with Crippen LogP contribution < -0.4 is 5.73 Å². The third-order valence-electron chi connectivity index (χ3n) is 2.49. The summed E-state index contributed by atoms with van der Waals surface area (Å²) in [5, 5.41) is 0. The molecule has 2 aromatic rings. The fourth-order valence-corrected chi connectivity index (χ4v) is 1.57. The fraction of sp³-hybridized carbons (Fsp3) is 0.0714. The molecule has 0 unspecified atom stereocenters. The second-order valence-electron chi connectivity index (χ2n) is 3.94. The van der Waals surface area contributed by atoms with Gasteiger partial charge in [0.05, 0.1) is 5.56 Å². The maximum Gasteiger partial charge on any atom is 0.340 e. The number of nitrogen functional groups attached to an aromatic ring is 1. The van der Waals surface area contributed by atoms with Crippen molar-refractivity contribution >= 4 is 11.7 Å². The Bertz CT molecular complexity index is 614. The smallest absolute Gasteiger partial charge is 0.340 e. The molecule has 0 aliphatic rings. The lowest BCUT2D eigenvalue weighted by Gasteiger charge is -2.07. The van der Waals surface area contributed by atoms with Crippen molar-refractivity contribution in [3.05, 3.63) is 65.2 Å². The van der Waals surface area contributed by atoms with E-state index in [2.05, 4.69) is 0 Å². The molecule has 0 fully saturated rings. The van der Waals surface area contributed by atoms with Gasteiger partial charge in [0.25, 0.3) is 0 Å². The number of hydrogen-bond donors (Lipinski definition) is 1. The van der Waals surface area contributed by atoms with E-state index in [9.17, 15) is 13.6 Å². The third-order valence-corrected chi connectivity index (χ3v) is 2.49. The maximum absolute atomic E-state index is 12.9. The van der Waals surface area contributed by atoms with Crippen molar-refractivity contribution in [3.8, 4) is 0 Å². The molecule has 0 radical (unpaired) electrons. The minimum atomic E-state index is -0.679. The van der Waals surface area contributed by atoms with Gasteiger partial charge in [-0.05, 0) is 35.9 Å². The molecule has 0 bridgehead atoms. The van der Waals surface area contributed by atoms with E-state index in [1.54, 1.807) is 6.07 Å². The first-order valence-electron chi connectivity index (χ1n) is 5.53. The molecule has 5 heteroatoms. The minimum absolute atomic E-state index is 0.00393. The van der Waals surface area contributed by atoms with E-state index < -0.39 is 17.6 Å². The molecule has 0 aliphatic heterocycles. The molecule has 0 saturated carbocycles. The predicted molar refractivity (Wildman–Crippen MR) is 66.3 cm³/mol. The number of anilines is 1. The molecule has 0 aliphatic carbocycles. The summed E-state index contributed by atoms with van der Waals surface area (Å²) >= 11 is 0. The molecule has 2 N–H and O–H groups in total. The quantitative estimate of drug-likeness (QED) is 0.684. The third kappa shape index (κ3) is 3.28. The van der Waals surface area contributed by atoms with E-state index >= 15 is 0 Å². The van der Waals surface area contributed by atoms with Crippen LogP contribution in [0.25, 0.3) is 0 Å². The molecule has 0 aromatic heterocycles. The predicted octanol–water partition coefficient (Wildman–Crippen LogP) is 2.90. The second kappa shape index (κ2) is 5.48. The van der Waals surface area contributed by atoms with Crippen molar-refractivity contribution in [3.63, 3.8) is 0 Å². The van der Waals surface area contributed by atoms with Gasteiger partial charge in [0.2, 0.25) is 0 Å². The monoisotopic (exact) mass is 263 g/mol. The molecular formula is C14H11F2NO2. The largest absolute Gasteiger partial charge is 0.457 e. The Morgan fingerprint density at radius 1 is 1.11 bits per heavy atom. The average molecular weight is 263 g/mol. The van der Waals surface area contributed by atoms with Gasteiger partial charge in [-0.3, -0.25) is 0 Å². The summed E-state index contributed by atoms with van der Waals surface area (Å²) in [6, 6.07) is 9.12. The molecule has 98 valence electrons. The first kappa shape index (κ1) is 13.0. The number of ether oxygens (including phenoxy) is 1. The van der Waals surface area contributed by atoms with Gasteiger partial charge in [-0.2, -0.15) is 0 Å². The van der Waals surface area contributed by atoms with Gasteiger partial charge >= 0.3 is 5.97 Å². The highest BCUT2D eigenvalue weighted by molar-refractivity contribution is 5.94. The van der Waals surface area contributed by atoms with Crippen LogP contribution in [0, 0.1) is 11.6 Å². The fourth-order valence-electron chi connectivity index (χ4n) is 1.57. The van der Waals surface area contributed by atoms with Crippen molar-refractivity contribution < 1.29 is 18.3 Å². The zero-order chi connectivity index (χ0) is 13.8. The van der Waals surface area contributed by atoms with Gasteiger partial charge < -0.3 is 10.5 Å². The lowest BCUT2D eigenvalue weighted by molar-refractivity contribution is 0.0473. The summed E-state index contributed by atoms with van der Waals surface area (Å²) in [5.74, 6) is -1.62. The van der Waals surface area contributed by atoms with Gasteiger partial charge in [0, 0.05) is 5.69 Å². The molecule has 2 rings (SSSR count). The molecule has 0 saturated heterocycles. The lowest BCUT2D eigenvalue weighted by atomic mass is 10.2. The normalized spacial score (nSPS) is 10.2. The Hall–Kier alpha value is -2.43. The molecule has 0 spiro atoms. The summed E-state index contributed by atoms with van der Waals surface area (Å²) in [5.41, 5.74) is 6.12. The van der Waals surface area contributed by atoms with Crippen molar-refractivity contribution in [1.82, 2.24) is 0 Å². The van der Waals surface area contributed by atoms with Crippen LogP contribution in [0.3, 0.4) is 0 Å². The molecule has 0 atom stereocenters. The number of benzene rings is 2. The minimum Gasteiger partial charge on any atom is -0.457 e. The zero-order valence-corrected chi connectivity index (χ0v) is 9.90. The molecule has 19 heavy (non-hydrogen) atoms. The first-order chi connectivity index (χ1) is 9.06. The molecule has 0 heterocycles. The maximum atomic E-state index is 12.9. The van der Waals surface area contributed by atoms with Crippen molar-refractivity contribution in [2.45, 2.75) is 6.61 Å². The highest BCUT2D eigenvalue weighted by Crippen LogP contribution is 2.15. The Kier molecular flexibility index (Phi) is 3.75. The van der Waals surface area contributed by atoms with Crippen LogP contribution in [0.4, 0.5) is 14.5 Å². The summed E-state index contributed by atoms with van der Waals surface area (Å²) in [6.45, 7) is -0.0760. The van der Waals surface area contributed by atoms with Crippen LogP contribution >= 0.6 is 0 Å². The highest BCUT2D eigenvalue weighted by Gasteiger charge is 2.12. The van der Waals surface area contributed by atoms with E-state index in [1.807, 2.05) is 0 Å². The van der Waals surface area contributed by atoms with E-state index in [0.717, 1.165) is 12.1 Å². The Balaban J connectivity index is 2.05. The zero-order valence-electron chi connectivity index (χ0n) is 9.90. The van der Waals surface area contributed by atoms with Gasteiger partial charge in [0.15, 0.2) is 0 Å². The average Bonchev–Trinajstić information content (AvgIpc) is 2.36. The second-order valence-corrected chi connectivity index (χ2v) is 3.94. The van der Waals surface area contributed by atoms with Crippen LogP contribution in [-0.2, 0) is 11.3 Å². The van der Waals surface area contributed by atoms with Crippen LogP contribution in [0.1, 0.15) is 15.9 Å². The Morgan fingerprint density at radius 3 is 2.53 bits per heavy atom. The van der Waals surface area contributed by atoms with Crippen LogP contribution in [-0.4, -0.2) is 5.97 Å². The van der Waals surface area contributed by atoms with E-state index in [0.29, 0.717) is 5.56 Å². The summed E-state index contributed by atoms with van der Waals surface area (Å²) < 4.78 is 30.7. The standard InChI is InChI=1S/C14H11F2NO2/c15-10-3-1-2-9(6-10)8-19-14(18)12-5-4-11(16)7-13(12)17/h1-7H,8,17H2. The number of halogens is 2. The number of nitrogens with two attached hydrogens (primary N) is 1. The van der Waals surface area contributed by atoms with E-state index in [1.165, 1.54) is 24.3 Å². The van der Waals surface area contributed by atoms with Crippen molar-refractivity contribution in [1.29, 1.82) is 0 Å². The SMILES string of the molecule is Nc1cc(F)ccc1C(=O)OCc1cccc(F)c1. The van der Waals surface area contributed by atoms with Crippen molar-refractivity contribution in [2.75, 3.05) is 5.73 Å². The Labute approximate surface area is 108 Å². The highest BCUT2D eigenvalue weighted by atomic mass is 19.1. The van der Waals surface area contributed by atoms with Gasteiger partial charge in [-0.25, -0.2) is 13.6 Å². The van der Waals surface area contributed by atoms with E-state index in [-0.39, 0.29) is 17.9 Å². The molecule has 2 aromatic carbocycles. The summed E-state index contributed by atoms with van der Waals surface area (Å²) in [4.78, 5) is 11.7. The topological polar surface area (TPSA) is 52.3 Å². The van der Waals surface area contributed by atoms with Crippen LogP contribution in [0.15, 0.2) is 42.5 Å². The first-order valence-corrected chi connectivity index (χ1v) is 5.53. The molecular weight excluding hydrogens is 252 g/mol. The summed E-state index contributed by atoms with van der Waals surface area (Å²) in [7, 11) is 0. The van der Waals surface area contributed by atoms with E-state index in [4.69, 9.17) is 10.5 Å². The Morgan fingerprint density at radius 2 is 1.84 bits per heavy atom. The number of carbonyl (C=O) groups excluding carboxylic acids is 1. The number of hydrogen-bond acceptors (Lipinski definition) is 3.